The topological polar surface area (TPSA) is 37.8 Å². The van der Waals surface area contributed by atoms with Crippen LogP contribution in [0.1, 0.15) is 12.8 Å². The van der Waals surface area contributed by atoms with E-state index in [2.05, 4.69) is 41.1 Å². The van der Waals surface area contributed by atoms with Crippen molar-refractivity contribution in [2.75, 3.05) is 38.2 Å². The lowest BCUT2D eigenvalue weighted by molar-refractivity contribution is -0.0232. The molecule has 5 nitrogen and oxygen atoms in total. The Morgan fingerprint density at radius 1 is 1.13 bits per heavy atom. The number of hydrogen-bond donors (Lipinski definition) is 0. The smallest absolute Gasteiger partial charge is 0.187 e. The minimum Gasteiger partial charge on any atom is -0.484 e. The van der Waals surface area contributed by atoms with Crippen molar-refractivity contribution >= 4 is 63.1 Å². The molecule has 0 amide bonds. The van der Waals surface area contributed by atoms with Gasteiger partial charge in [0.25, 0.3) is 0 Å². The summed E-state index contributed by atoms with van der Waals surface area (Å²) in [6.45, 7) is 3.61. The third-order valence-corrected chi connectivity index (χ3v) is 7.17. The van der Waals surface area contributed by atoms with Crippen molar-refractivity contribution < 1.29 is 9.47 Å². The molecule has 3 heterocycles. The number of nitrogens with zero attached hydrogens (tertiary/aromatic N) is 3. The van der Waals surface area contributed by atoms with Crippen LogP contribution >= 0.6 is 47.8 Å². The summed E-state index contributed by atoms with van der Waals surface area (Å²) >= 11 is 8.07. The van der Waals surface area contributed by atoms with Gasteiger partial charge in [-0.2, -0.15) is 0 Å². The predicted molar refractivity (Wildman–Crippen MR) is 133 cm³/mol. The summed E-state index contributed by atoms with van der Waals surface area (Å²) in [6, 6.07) is 14.0. The third kappa shape index (κ3) is 5.15. The summed E-state index contributed by atoms with van der Waals surface area (Å²) in [4.78, 5) is 9.49. The van der Waals surface area contributed by atoms with Crippen LogP contribution in [0.15, 0.2) is 42.5 Å². The first-order valence-corrected chi connectivity index (χ1v) is 11.3. The highest BCUT2D eigenvalue weighted by molar-refractivity contribution is 7.22. The van der Waals surface area contributed by atoms with E-state index in [1.54, 1.807) is 11.3 Å². The number of ether oxygens (including phenoxy) is 2. The summed E-state index contributed by atoms with van der Waals surface area (Å²) in [5.41, 5.74) is 1.10. The second-order valence-electron chi connectivity index (χ2n) is 7.78. The molecule has 0 aliphatic carbocycles. The van der Waals surface area contributed by atoms with Crippen LogP contribution in [0.25, 0.3) is 10.2 Å². The van der Waals surface area contributed by atoms with Gasteiger partial charge in [-0.3, -0.25) is 4.90 Å². The Morgan fingerprint density at radius 3 is 2.68 bits per heavy atom. The molecule has 0 N–H and O–H groups in total. The van der Waals surface area contributed by atoms with E-state index < -0.39 is 0 Å². The van der Waals surface area contributed by atoms with Gasteiger partial charge in [0.2, 0.25) is 0 Å². The van der Waals surface area contributed by atoms with Crippen LogP contribution in [0.3, 0.4) is 0 Å². The number of benzene rings is 2. The highest BCUT2D eigenvalue weighted by atomic mass is 35.5. The molecule has 5 rings (SSSR count). The number of aromatic nitrogens is 1. The summed E-state index contributed by atoms with van der Waals surface area (Å²) in [5.74, 6) is 2.02. The van der Waals surface area contributed by atoms with Gasteiger partial charge in [0, 0.05) is 19.6 Å². The summed E-state index contributed by atoms with van der Waals surface area (Å²) in [7, 11) is 2.11. The lowest BCUT2D eigenvalue weighted by Crippen LogP contribution is -2.47. The Kier molecular flexibility index (Phi) is 8.16. The van der Waals surface area contributed by atoms with Gasteiger partial charge < -0.3 is 14.4 Å². The van der Waals surface area contributed by atoms with Gasteiger partial charge in [0.1, 0.15) is 6.61 Å². The maximum atomic E-state index is 6.27. The lowest BCUT2D eigenvalue weighted by atomic mass is 9.96. The van der Waals surface area contributed by atoms with Crippen molar-refractivity contribution in [3.05, 3.63) is 47.5 Å². The molecule has 9 heteroatoms. The maximum Gasteiger partial charge on any atom is 0.187 e. The number of thiazole rings is 1. The SMILES string of the molecule is CN(CC1CCN(c2nc3ccccc3s2)CC1)C1COc2cccc(Cl)c2O1.Cl.Cl. The Morgan fingerprint density at radius 2 is 1.90 bits per heavy atom. The van der Waals surface area contributed by atoms with E-state index in [0.717, 1.165) is 48.9 Å². The maximum absolute atomic E-state index is 6.27. The van der Waals surface area contributed by atoms with Gasteiger partial charge in [0.15, 0.2) is 22.9 Å². The van der Waals surface area contributed by atoms with Crippen LogP contribution in [0.5, 0.6) is 11.5 Å². The zero-order valence-corrected chi connectivity index (χ0v) is 20.4. The quantitative estimate of drug-likeness (QED) is 0.455. The highest BCUT2D eigenvalue weighted by Gasteiger charge is 2.29. The van der Waals surface area contributed by atoms with E-state index in [9.17, 15) is 0 Å². The molecule has 0 bridgehead atoms. The van der Waals surface area contributed by atoms with Crippen LogP contribution in [0.2, 0.25) is 5.02 Å². The first kappa shape index (κ1) is 24.2. The zero-order chi connectivity index (χ0) is 19.8. The van der Waals surface area contributed by atoms with Crippen molar-refractivity contribution in [1.29, 1.82) is 0 Å². The first-order valence-electron chi connectivity index (χ1n) is 10.1. The lowest BCUT2D eigenvalue weighted by Gasteiger charge is -2.37. The van der Waals surface area contributed by atoms with Crippen LogP contribution < -0.4 is 14.4 Å². The van der Waals surface area contributed by atoms with E-state index in [1.807, 2.05) is 18.2 Å². The molecular formula is C22H26Cl3N3O2S. The molecule has 1 saturated heterocycles. The van der Waals surface area contributed by atoms with Gasteiger partial charge in [-0.25, -0.2) is 4.98 Å². The summed E-state index contributed by atoms with van der Waals surface area (Å²) < 4.78 is 13.3. The number of rotatable bonds is 4. The number of halogens is 3. The molecule has 31 heavy (non-hydrogen) atoms. The molecule has 1 unspecified atom stereocenters. The molecule has 0 saturated carbocycles. The van der Waals surface area contributed by atoms with E-state index >= 15 is 0 Å². The fourth-order valence-electron chi connectivity index (χ4n) is 4.09. The molecule has 1 fully saturated rings. The second kappa shape index (κ2) is 10.5. The van der Waals surface area contributed by atoms with Crippen LogP contribution in [0.4, 0.5) is 5.13 Å². The Hall–Kier alpha value is -1.44. The van der Waals surface area contributed by atoms with Crippen molar-refractivity contribution in [3.63, 3.8) is 0 Å². The minimum absolute atomic E-state index is 0. The van der Waals surface area contributed by atoms with E-state index in [1.165, 1.54) is 4.70 Å². The van der Waals surface area contributed by atoms with Crippen molar-refractivity contribution in [1.82, 2.24) is 9.88 Å². The summed E-state index contributed by atoms with van der Waals surface area (Å²) in [6.07, 6.45) is 2.21. The van der Waals surface area contributed by atoms with Gasteiger partial charge in [-0.1, -0.05) is 41.1 Å². The number of hydrogen-bond acceptors (Lipinski definition) is 6. The van der Waals surface area contributed by atoms with Crippen LogP contribution in [0, 0.1) is 5.92 Å². The van der Waals surface area contributed by atoms with E-state index in [0.29, 0.717) is 23.3 Å². The Bertz CT molecular complexity index is 978. The number of fused-ring (bicyclic) bond motifs is 2. The average molecular weight is 503 g/mol. The molecule has 3 aromatic rings. The molecule has 2 aliphatic heterocycles. The van der Waals surface area contributed by atoms with Crippen molar-refractivity contribution in [3.8, 4) is 11.5 Å². The molecule has 0 radical (unpaired) electrons. The van der Waals surface area contributed by atoms with Crippen LogP contribution in [-0.2, 0) is 0 Å². The first-order chi connectivity index (χ1) is 14.2. The van der Waals surface area contributed by atoms with Gasteiger partial charge in [0.05, 0.1) is 15.2 Å². The second-order valence-corrected chi connectivity index (χ2v) is 9.20. The van der Waals surface area contributed by atoms with Crippen molar-refractivity contribution in [2.24, 2.45) is 5.92 Å². The molecular weight excluding hydrogens is 477 g/mol. The molecule has 1 aromatic heterocycles. The largest absolute Gasteiger partial charge is 0.484 e. The minimum atomic E-state index is -0.107. The highest BCUT2D eigenvalue weighted by Crippen LogP contribution is 2.38. The monoisotopic (exact) mass is 501 g/mol. The molecule has 2 aliphatic rings. The molecule has 2 aromatic carbocycles. The number of likely N-dealkylation sites (N-methyl/N-ethyl adjacent to an activating group) is 1. The number of piperidine rings is 1. The standard InChI is InChI=1S/C22H24ClN3O2S.2ClH/c1-25(20-14-27-18-7-4-5-16(23)21(18)28-20)13-15-9-11-26(12-10-15)22-24-17-6-2-3-8-19(17)29-22;;/h2-8,15,20H,9-14H2,1H3;2*1H. The molecule has 0 spiro atoms. The average Bonchev–Trinajstić information content (AvgIpc) is 3.18. The Labute approximate surface area is 204 Å². The van der Waals surface area contributed by atoms with Crippen LogP contribution in [-0.4, -0.2) is 49.4 Å². The molecule has 168 valence electrons. The molecule has 1 atom stereocenters. The normalized spacial score (nSPS) is 18.5. The van der Waals surface area contributed by atoms with E-state index in [-0.39, 0.29) is 31.0 Å². The van der Waals surface area contributed by atoms with Gasteiger partial charge in [-0.15, -0.1) is 24.8 Å². The fourth-order valence-corrected chi connectivity index (χ4v) is 5.32. The van der Waals surface area contributed by atoms with Gasteiger partial charge in [-0.05, 0) is 50.1 Å². The van der Waals surface area contributed by atoms with Crippen molar-refractivity contribution in [2.45, 2.75) is 19.1 Å². The number of anilines is 1. The third-order valence-electron chi connectivity index (χ3n) is 5.77. The van der Waals surface area contributed by atoms with Gasteiger partial charge >= 0.3 is 0 Å². The van der Waals surface area contributed by atoms with E-state index in [4.69, 9.17) is 26.1 Å². The predicted octanol–water partition coefficient (Wildman–Crippen LogP) is 5.74. The number of para-hydroxylation sites is 2. The zero-order valence-electron chi connectivity index (χ0n) is 17.2. The Balaban J connectivity index is 0.00000136. The summed E-state index contributed by atoms with van der Waals surface area (Å²) in [5, 5.41) is 1.75. The fraction of sp³-hybridized carbons (Fsp3) is 0.409.